The first kappa shape index (κ1) is 15.4. The van der Waals surface area contributed by atoms with E-state index in [-0.39, 0.29) is 12.1 Å². The highest BCUT2D eigenvalue weighted by Gasteiger charge is 2.14. The van der Waals surface area contributed by atoms with Gasteiger partial charge in [-0.2, -0.15) is 4.39 Å². The number of pyridine rings is 1. The summed E-state index contributed by atoms with van der Waals surface area (Å²) < 4.78 is 18.3. The van der Waals surface area contributed by atoms with Crippen LogP contribution in [0.1, 0.15) is 26.3 Å². The van der Waals surface area contributed by atoms with Gasteiger partial charge in [0.25, 0.3) is 0 Å². The van der Waals surface area contributed by atoms with Crippen LogP contribution in [0.5, 0.6) is 0 Å². The predicted molar refractivity (Wildman–Crippen MR) is 72.5 cm³/mol. The number of nitrogens with one attached hydrogen (secondary N) is 1. The largest absolute Gasteiger partial charge is 0.444 e. The molecule has 0 saturated heterocycles. The summed E-state index contributed by atoms with van der Waals surface area (Å²) in [6.07, 6.45) is 3.78. The third-order valence-corrected chi connectivity index (χ3v) is 2.10. The lowest BCUT2D eigenvalue weighted by molar-refractivity contribution is 0.0534. The minimum Gasteiger partial charge on any atom is -0.444 e. The standard InChI is InChI=1S/C13H16ClFN2O2/c1-13(2,3)19-12(18)16-6-4-5-9-7-10(14)8-17-11(9)15/h4-5,7-8H,6H2,1-3H3,(H,16,18). The van der Waals surface area contributed by atoms with E-state index >= 15 is 0 Å². The Hall–Kier alpha value is -1.62. The number of amides is 1. The van der Waals surface area contributed by atoms with E-state index in [0.717, 1.165) is 0 Å². The van der Waals surface area contributed by atoms with Crippen LogP contribution in [0.4, 0.5) is 9.18 Å². The maximum Gasteiger partial charge on any atom is 0.407 e. The van der Waals surface area contributed by atoms with Crippen molar-refractivity contribution in [2.45, 2.75) is 26.4 Å². The first-order valence-corrected chi connectivity index (χ1v) is 6.10. The molecule has 0 spiro atoms. The van der Waals surface area contributed by atoms with Crippen LogP contribution in [-0.2, 0) is 4.74 Å². The third-order valence-electron chi connectivity index (χ3n) is 1.89. The van der Waals surface area contributed by atoms with Crippen molar-refractivity contribution in [3.8, 4) is 0 Å². The minimum atomic E-state index is -0.613. The van der Waals surface area contributed by atoms with Gasteiger partial charge in [0.2, 0.25) is 5.95 Å². The van der Waals surface area contributed by atoms with Crippen molar-refractivity contribution in [1.82, 2.24) is 10.3 Å². The number of carbonyl (C=O) groups excluding carboxylic acids is 1. The monoisotopic (exact) mass is 286 g/mol. The molecule has 4 nitrogen and oxygen atoms in total. The number of rotatable bonds is 3. The van der Waals surface area contributed by atoms with E-state index in [1.54, 1.807) is 26.8 Å². The SMILES string of the molecule is CC(C)(C)OC(=O)NCC=Cc1cc(Cl)cnc1F. The van der Waals surface area contributed by atoms with Crippen LogP contribution in [-0.4, -0.2) is 23.2 Å². The van der Waals surface area contributed by atoms with E-state index in [4.69, 9.17) is 16.3 Å². The molecular weight excluding hydrogens is 271 g/mol. The van der Waals surface area contributed by atoms with E-state index in [9.17, 15) is 9.18 Å². The lowest BCUT2D eigenvalue weighted by Crippen LogP contribution is -2.32. The van der Waals surface area contributed by atoms with Gasteiger partial charge in [0.15, 0.2) is 0 Å². The Morgan fingerprint density at radius 3 is 2.89 bits per heavy atom. The zero-order valence-corrected chi connectivity index (χ0v) is 11.8. The molecule has 0 aliphatic carbocycles. The molecular formula is C13H16ClFN2O2. The molecule has 0 radical (unpaired) electrons. The second-order valence-electron chi connectivity index (χ2n) is 4.82. The van der Waals surface area contributed by atoms with Crippen molar-refractivity contribution >= 4 is 23.8 Å². The summed E-state index contributed by atoms with van der Waals surface area (Å²) in [7, 11) is 0. The highest BCUT2D eigenvalue weighted by molar-refractivity contribution is 6.30. The number of alkyl carbamates (subject to hydrolysis) is 1. The van der Waals surface area contributed by atoms with Crippen LogP contribution < -0.4 is 5.32 Å². The molecule has 19 heavy (non-hydrogen) atoms. The number of halogens is 2. The highest BCUT2D eigenvalue weighted by atomic mass is 35.5. The minimum absolute atomic E-state index is 0.223. The van der Waals surface area contributed by atoms with Gasteiger partial charge in [-0.15, -0.1) is 0 Å². The Kier molecular flexibility index (Phi) is 5.30. The molecule has 0 fully saturated rings. The lowest BCUT2D eigenvalue weighted by Gasteiger charge is -2.19. The van der Waals surface area contributed by atoms with Crippen LogP contribution in [0.3, 0.4) is 0 Å². The summed E-state index contributed by atoms with van der Waals surface area (Å²) >= 11 is 5.70. The van der Waals surface area contributed by atoms with Crippen molar-refractivity contribution in [2.24, 2.45) is 0 Å². The van der Waals surface area contributed by atoms with Gasteiger partial charge in [0.05, 0.1) is 5.02 Å². The molecule has 0 bridgehead atoms. The maximum absolute atomic E-state index is 13.2. The third kappa shape index (κ3) is 6.20. The first-order chi connectivity index (χ1) is 8.78. The van der Waals surface area contributed by atoms with Crippen LogP contribution in [0.2, 0.25) is 5.02 Å². The Bertz CT molecular complexity index is 484. The number of hydrogen-bond acceptors (Lipinski definition) is 3. The number of hydrogen-bond donors (Lipinski definition) is 1. The van der Waals surface area contributed by atoms with E-state index < -0.39 is 17.6 Å². The smallest absolute Gasteiger partial charge is 0.407 e. The zero-order valence-electron chi connectivity index (χ0n) is 11.0. The summed E-state index contributed by atoms with van der Waals surface area (Å²) in [5, 5.41) is 2.87. The molecule has 0 unspecified atom stereocenters. The van der Waals surface area contributed by atoms with Crippen molar-refractivity contribution in [2.75, 3.05) is 6.54 Å². The molecule has 0 aliphatic rings. The van der Waals surface area contributed by atoms with E-state index in [1.165, 1.54) is 18.3 Å². The fourth-order valence-electron chi connectivity index (χ4n) is 1.20. The Balaban J connectivity index is 2.47. The Morgan fingerprint density at radius 1 is 1.58 bits per heavy atom. The van der Waals surface area contributed by atoms with Crippen molar-refractivity contribution in [3.05, 3.63) is 34.9 Å². The molecule has 1 aromatic heterocycles. The molecule has 1 amide bonds. The average molecular weight is 287 g/mol. The highest BCUT2D eigenvalue weighted by Crippen LogP contribution is 2.13. The molecule has 1 heterocycles. The Morgan fingerprint density at radius 2 is 2.26 bits per heavy atom. The summed E-state index contributed by atoms with van der Waals surface area (Å²) in [4.78, 5) is 14.8. The molecule has 1 rings (SSSR count). The number of nitrogens with zero attached hydrogens (tertiary/aromatic N) is 1. The lowest BCUT2D eigenvalue weighted by atomic mass is 10.2. The first-order valence-electron chi connectivity index (χ1n) is 5.72. The van der Waals surface area contributed by atoms with Crippen LogP contribution in [0.15, 0.2) is 18.3 Å². The van der Waals surface area contributed by atoms with Crippen molar-refractivity contribution < 1.29 is 13.9 Å². The normalized spacial score (nSPS) is 11.6. The predicted octanol–water partition coefficient (Wildman–Crippen LogP) is 3.41. The zero-order chi connectivity index (χ0) is 14.5. The molecule has 0 saturated carbocycles. The molecule has 1 aromatic rings. The number of carbonyl (C=O) groups is 1. The Labute approximate surface area is 116 Å². The van der Waals surface area contributed by atoms with Gasteiger partial charge in [-0.05, 0) is 26.8 Å². The van der Waals surface area contributed by atoms with Gasteiger partial charge < -0.3 is 10.1 Å². The van der Waals surface area contributed by atoms with Gasteiger partial charge in [0.1, 0.15) is 5.60 Å². The van der Waals surface area contributed by atoms with E-state index in [2.05, 4.69) is 10.3 Å². The van der Waals surface area contributed by atoms with Gasteiger partial charge in [-0.1, -0.05) is 23.8 Å². The summed E-state index contributed by atoms with van der Waals surface area (Å²) in [5.41, 5.74) is -0.282. The van der Waals surface area contributed by atoms with E-state index in [1.807, 2.05) is 0 Å². The van der Waals surface area contributed by atoms with Crippen LogP contribution in [0.25, 0.3) is 6.08 Å². The quantitative estimate of drug-likeness (QED) is 0.866. The molecule has 6 heteroatoms. The van der Waals surface area contributed by atoms with Gasteiger partial charge in [0, 0.05) is 18.3 Å². The molecule has 1 N–H and O–H groups in total. The second kappa shape index (κ2) is 6.52. The summed E-state index contributed by atoms with van der Waals surface area (Å²) in [6, 6.07) is 1.45. The number of ether oxygens (including phenoxy) is 1. The molecule has 0 aliphatic heterocycles. The van der Waals surface area contributed by atoms with Crippen molar-refractivity contribution in [1.29, 1.82) is 0 Å². The van der Waals surface area contributed by atoms with Crippen LogP contribution in [0, 0.1) is 5.95 Å². The van der Waals surface area contributed by atoms with Gasteiger partial charge in [-0.3, -0.25) is 0 Å². The van der Waals surface area contributed by atoms with Gasteiger partial charge >= 0.3 is 6.09 Å². The van der Waals surface area contributed by atoms with Crippen molar-refractivity contribution in [3.63, 3.8) is 0 Å². The molecule has 0 atom stereocenters. The summed E-state index contributed by atoms with van der Waals surface area (Å²) in [6.45, 7) is 5.54. The summed E-state index contributed by atoms with van der Waals surface area (Å²) in [5.74, 6) is -0.613. The molecule has 0 aromatic carbocycles. The average Bonchev–Trinajstić information content (AvgIpc) is 2.26. The molecule has 104 valence electrons. The fraction of sp³-hybridized carbons (Fsp3) is 0.385. The fourth-order valence-corrected chi connectivity index (χ4v) is 1.36. The van der Waals surface area contributed by atoms with Gasteiger partial charge in [-0.25, -0.2) is 9.78 Å². The second-order valence-corrected chi connectivity index (χ2v) is 5.26. The topological polar surface area (TPSA) is 51.2 Å². The number of aromatic nitrogens is 1. The maximum atomic E-state index is 13.2. The van der Waals surface area contributed by atoms with E-state index in [0.29, 0.717) is 5.02 Å². The van der Waals surface area contributed by atoms with Crippen LogP contribution >= 0.6 is 11.6 Å².